The van der Waals surface area contributed by atoms with Crippen LogP contribution in [0.1, 0.15) is 32.3 Å². The van der Waals surface area contributed by atoms with E-state index in [1.54, 1.807) is 0 Å². The standard InChI is InChI=1S/C13H12.C8H11N.C2H6/c1-11-6-5-9-13(10-11)12-7-3-2-4-8-12;1-2-7-5-3-4-6-8(7)9;1-2/h2-10H,1H3;2,4,6H,1,3,5,9H2;1-2H3. The Bertz CT molecular complexity index is 678. The number of aryl methyl sites for hydroxylation is 1. The predicted octanol–water partition coefficient (Wildman–Crippen LogP) is 6.42. The van der Waals surface area contributed by atoms with Gasteiger partial charge in [-0.3, -0.25) is 0 Å². The molecule has 1 aliphatic rings. The van der Waals surface area contributed by atoms with E-state index in [2.05, 4.69) is 68.1 Å². The van der Waals surface area contributed by atoms with Gasteiger partial charge in [-0.25, -0.2) is 0 Å². The summed E-state index contributed by atoms with van der Waals surface area (Å²) in [7, 11) is 0. The zero-order chi connectivity index (χ0) is 17.8. The van der Waals surface area contributed by atoms with Crippen LogP contribution in [0.3, 0.4) is 0 Å². The number of nitrogens with two attached hydrogens (primary N) is 1. The van der Waals surface area contributed by atoms with Crippen molar-refractivity contribution < 1.29 is 0 Å². The van der Waals surface area contributed by atoms with Gasteiger partial charge >= 0.3 is 0 Å². The van der Waals surface area contributed by atoms with Crippen molar-refractivity contribution in [3.63, 3.8) is 0 Å². The third-order valence-corrected chi connectivity index (χ3v) is 3.62. The lowest BCUT2D eigenvalue weighted by molar-refractivity contribution is 0.964. The molecule has 1 aliphatic carbocycles. The first-order chi connectivity index (χ1) is 11.7. The second kappa shape index (κ2) is 11.1. The van der Waals surface area contributed by atoms with Gasteiger partial charge in [-0.05, 0) is 42.5 Å². The molecule has 0 aromatic heterocycles. The first-order valence-electron chi connectivity index (χ1n) is 8.60. The van der Waals surface area contributed by atoms with Gasteiger partial charge in [0, 0.05) is 5.70 Å². The van der Waals surface area contributed by atoms with E-state index in [-0.39, 0.29) is 0 Å². The first-order valence-corrected chi connectivity index (χ1v) is 8.60. The number of allylic oxidation sites excluding steroid dienone is 4. The van der Waals surface area contributed by atoms with Crippen LogP contribution in [0.4, 0.5) is 0 Å². The van der Waals surface area contributed by atoms with Gasteiger partial charge < -0.3 is 5.73 Å². The van der Waals surface area contributed by atoms with Crippen LogP contribution in [-0.4, -0.2) is 0 Å². The molecule has 0 bridgehead atoms. The molecule has 0 unspecified atom stereocenters. The molecule has 3 rings (SSSR count). The molecule has 0 atom stereocenters. The maximum atomic E-state index is 5.61. The van der Waals surface area contributed by atoms with Crippen molar-refractivity contribution in [3.8, 4) is 11.1 Å². The molecule has 0 heterocycles. The van der Waals surface area contributed by atoms with Gasteiger partial charge in [0.1, 0.15) is 0 Å². The van der Waals surface area contributed by atoms with E-state index in [4.69, 9.17) is 5.73 Å². The van der Waals surface area contributed by atoms with Gasteiger partial charge in [0.05, 0.1) is 0 Å². The van der Waals surface area contributed by atoms with Gasteiger partial charge in [-0.1, -0.05) is 92.7 Å². The Morgan fingerprint density at radius 2 is 1.62 bits per heavy atom. The number of hydrogen-bond acceptors (Lipinski definition) is 1. The quantitative estimate of drug-likeness (QED) is 0.678. The van der Waals surface area contributed by atoms with Crippen LogP contribution >= 0.6 is 0 Å². The molecule has 1 nitrogen and oxygen atoms in total. The minimum Gasteiger partial charge on any atom is -0.399 e. The Morgan fingerprint density at radius 1 is 0.958 bits per heavy atom. The van der Waals surface area contributed by atoms with Crippen molar-refractivity contribution in [1.29, 1.82) is 0 Å². The SMILES string of the molecule is C=CC1=C(N)C=CCC1.CC.Cc1cccc(-c2ccccc2)c1. The van der Waals surface area contributed by atoms with Crippen LogP contribution < -0.4 is 5.73 Å². The molecule has 1 heteroatoms. The Hall–Kier alpha value is -2.54. The van der Waals surface area contributed by atoms with Crippen molar-refractivity contribution in [1.82, 2.24) is 0 Å². The molecule has 2 N–H and O–H groups in total. The Kier molecular flexibility index (Phi) is 8.99. The minimum atomic E-state index is 0.872. The minimum absolute atomic E-state index is 0.872. The van der Waals surface area contributed by atoms with Gasteiger partial charge in [0.25, 0.3) is 0 Å². The summed E-state index contributed by atoms with van der Waals surface area (Å²) in [6.07, 6.45) is 8.01. The third-order valence-electron chi connectivity index (χ3n) is 3.62. The van der Waals surface area contributed by atoms with Crippen LogP contribution in [0.5, 0.6) is 0 Å². The van der Waals surface area contributed by atoms with E-state index < -0.39 is 0 Å². The highest BCUT2D eigenvalue weighted by molar-refractivity contribution is 5.63. The van der Waals surface area contributed by atoms with Crippen molar-refractivity contribution >= 4 is 0 Å². The van der Waals surface area contributed by atoms with Crippen molar-refractivity contribution in [2.24, 2.45) is 5.73 Å². The smallest absolute Gasteiger partial charge is 0.0343 e. The second-order valence-electron chi connectivity index (χ2n) is 5.36. The fraction of sp³-hybridized carbons (Fsp3) is 0.217. The summed E-state index contributed by atoms with van der Waals surface area (Å²) in [4.78, 5) is 0. The first kappa shape index (κ1) is 19.5. The van der Waals surface area contributed by atoms with E-state index >= 15 is 0 Å². The summed E-state index contributed by atoms with van der Waals surface area (Å²) >= 11 is 0. The lowest BCUT2D eigenvalue weighted by Crippen LogP contribution is -2.00. The molecule has 0 aliphatic heterocycles. The van der Waals surface area contributed by atoms with Gasteiger partial charge in [-0.2, -0.15) is 0 Å². The molecule has 0 amide bonds. The van der Waals surface area contributed by atoms with Crippen molar-refractivity contribution in [2.45, 2.75) is 33.6 Å². The molecule has 0 saturated carbocycles. The van der Waals surface area contributed by atoms with E-state index in [0.717, 1.165) is 18.5 Å². The predicted molar refractivity (Wildman–Crippen MR) is 108 cm³/mol. The van der Waals surface area contributed by atoms with Crippen LogP contribution in [-0.2, 0) is 0 Å². The van der Waals surface area contributed by atoms with E-state index in [1.165, 1.54) is 22.3 Å². The fourth-order valence-electron chi connectivity index (χ4n) is 2.38. The Balaban J connectivity index is 0.000000230. The highest BCUT2D eigenvalue weighted by Gasteiger charge is 1.99. The Morgan fingerprint density at radius 3 is 2.17 bits per heavy atom. The molecule has 0 radical (unpaired) electrons. The van der Waals surface area contributed by atoms with E-state index in [0.29, 0.717) is 0 Å². The second-order valence-corrected chi connectivity index (χ2v) is 5.36. The van der Waals surface area contributed by atoms with E-state index in [1.807, 2.05) is 32.1 Å². The normalized spacial score (nSPS) is 12.5. The van der Waals surface area contributed by atoms with Crippen LogP contribution in [0.25, 0.3) is 11.1 Å². The highest BCUT2D eigenvalue weighted by atomic mass is 14.6. The Labute approximate surface area is 147 Å². The maximum Gasteiger partial charge on any atom is 0.0343 e. The van der Waals surface area contributed by atoms with Gasteiger partial charge in [-0.15, -0.1) is 0 Å². The third kappa shape index (κ3) is 6.29. The molecule has 0 fully saturated rings. The zero-order valence-electron chi connectivity index (χ0n) is 15.1. The van der Waals surface area contributed by atoms with Crippen LogP contribution in [0, 0.1) is 6.92 Å². The van der Waals surface area contributed by atoms with Crippen LogP contribution in [0.15, 0.2) is 90.7 Å². The summed E-state index contributed by atoms with van der Waals surface area (Å²) in [6.45, 7) is 9.78. The van der Waals surface area contributed by atoms with Crippen molar-refractivity contribution in [3.05, 3.63) is 96.2 Å². The van der Waals surface area contributed by atoms with Gasteiger partial charge in [0.15, 0.2) is 0 Å². The average molecular weight is 319 g/mol. The highest BCUT2D eigenvalue weighted by Crippen LogP contribution is 2.19. The molecule has 2 aromatic carbocycles. The maximum absolute atomic E-state index is 5.61. The molecule has 0 spiro atoms. The lowest BCUT2D eigenvalue weighted by atomic mass is 10.0. The topological polar surface area (TPSA) is 26.0 Å². The number of hydrogen-bond donors (Lipinski definition) is 1. The number of benzene rings is 2. The molecule has 0 saturated heterocycles. The fourth-order valence-corrected chi connectivity index (χ4v) is 2.38. The number of rotatable bonds is 2. The molecular formula is C23H29N. The lowest BCUT2D eigenvalue weighted by Gasteiger charge is -2.06. The molecule has 126 valence electrons. The molecule has 24 heavy (non-hydrogen) atoms. The van der Waals surface area contributed by atoms with Gasteiger partial charge in [0.2, 0.25) is 0 Å². The monoisotopic (exact) mass is 319 g/mol. The summed E-state index contributed by atoms with van der Waals surface area (Å²) in [6, 6.07) is 19.0. The molecular weight excluding hydrogens is 290 g/mol. The molecule has 2 aromatic rings. The average Bonchev–Trinajstić information content (AvgIpc) is 2.65. The summed E-state index contributed by atoms with van der Waals surface area (Å²) in [5.74, 6) is 0. The summed E-state index contributed by atoms with van der Waals surface area (Å²) in [5.41, 5.74) is 11.5. The largest absolute Gasteiger partial charge is 0.399 e. The zero-order valence-corrected chi connectivity index (χ0v) is 15.1. The van der Waals surface area contributed by atoms with Crippen molar-refractivity contribution in [2.75, 3.05) is 0 Å². The summed E-state index contributed by atoms with van der Waals surface area (Å²) in [5, 5.41) is 0. The van der Waals surface area contributed by atoms with Crippen LogP contribution in [0.2, 0.25) is 0 Å². The van der Waals surface area contributed by atoms with E-state index in [9.17, 15) is 0 Å². The summed E-state index contributed by atoms with van der Waals surface area (Å²) < 4.78 is 0.